The second kappa shape index (κ2) is 11.5. The Morgan fingerprint density at radius 1 is 0.925 bits per heavy atom. The fourth-order valence-electron chi connectivity index (χ4n) is 4.86. The molecule has 0 bridgehead atoms. The highest BCUT2D eigenvalue weighted by molar-refractivity contribution is 7.22. The predicted molar refractivity (Wildman–Crippen MR) is 158 cm³/mol. The molecular weight excluding hydrogens is 524 g/mol. The van der Waals surface area contributed by atoms with Crippen molar-refractivity contribution in [3.63, 3.8) is 0 Å². The number of carbonyl (C=O) groups is 2. The number of ketones is 1. The second-order valence-corrected chi connectivity index (χ2v) is 10.9. The molecule has 1 saturated heterocycles. The lowest BCUT2D eigenvalue weighted by molar-refractivity contribution is -0.132. The van der Waals surface area contributed by atoms with Gasteiger partial charge in [-0.05, 0) is 85.8 Å². The van der Waals surface area contributed by atoms with Crippen molar-refractivity contribution in [3.05, 3.63) is 88.5 Å². The monoisotopic (exact) mass is 556 g/mol. The molecule has 0 spiro atoms. The number of thiazole rings is 1. The quantitative estimate of drug-likeness (QED) is 0.134. The number of benzene rings is 3. The predicted octanol–water partition coefficient (Wildman–Crippen LogP) is 7.12. The number of amides is 1. The molecular formula is C32H32N2O5S. The third kappa shape index (κ3) is 5.19. The molecule has 40 heavy (non-hydrogen) atoms. The van der Waals surface area contributed by atoms with E-state index < -0.39 is 17.7 Å². The molecule has 1 aliphatic heterocycles. The minimum absolute atomic E-state index is 0.0154. The SMILES string of the molecule is CCCOc1ccc(/C(O)=C2\C(=O)C(=O)N(c3nc4c(C)cc(C)cc4s3)C2c2ccc(OCCC)cc2)cc1. The number of nitrogens with zero attached hydrogens (tertiary/aromatic N) is 2. The molecule has 0 radical (unpaired) electrons. The summed E-state index contributed by atoms with van der Waals surface area (Å²) in [7, 11) is 0. The third-order valence-electron chi connectivity index (χ3n) is 6.74. The van der Waals surface area contributed by atoms with E-state index in [0.29, 0.717) is 41.0 Å². The number of aliphatic hydroxyl groups is 1. The van der Waals surface area contributed by atoms with Crippen molar-refractivity contribution in [1.82, 2.24) is 4.98 Å². The van der Waals surface area contributed by atoms with Gasteiger partial charge < -0.3 is 14.6 Å². The van der Waals surface area contributed by atoms with E-state index in [9.17, 15) is 14.7 Å². The van der Waals surface area contributed by atoms with Gasteiger partial charge in [0, 0.05) is 5.56 Å². The van der Waals surface area contributed by atoms with Crippen LogP contribution in [-0.4, -0.2) is 35.0 Å². The van der Waals surface area contributed by atoms with Crippen molar-refractivity contribution < 1.29 is 24.2 Å². The van der Waals surface area contributed by atoms with E-state index in [0.717, 1.165) is 34.2 Å². The van der Waals surface area contributed by atoms with Crippen molar-refractivity contribution in [2.75, 3.05) is 18.1 Å². The summed E-state index contributed by atoms with van der Waals surface area (Å²) in [6.45, 7) is 9.21. The van der Waals surface area contributed by atoms with Gasteiger partial charge in [0.05, 0.1) is 35.0 Å². The van der Waals surface area contributed by atoms with Crippen LogP contribution in [0.15, 0.2) is 66.2 Å². The maximum Gasteiger partial charge on any atom is 0.301 e. The number of rotatable bonds is 9. The van der Waals surface area contributed by atoms with Crippen molar-refractivity contribution in [1.29, 1.82) is 0 Å². The van der Waals surface area contributed by atoms with Crippen LogP contribution in [0.4, 0.5) is 5.13 Å². The molecule has 4 aromatic rings. The molecule has 1 amide bonds. The molecule has 1 aliphatic rings. The number of fused-ring (bicyclic) bond motifs is 1. The van der Waals surface area contributed by atoms with E-state index in [1.807, 2.05) is 64.1 Å². The van der Waals surface area contributed by atoms with Crippen molar-refractivity contribution in [2.45, 2.75) is 46.6 Å². The van der Waals surface area contributed by atoms with E-state index in [2.05, 4.69) is 0 Å². The van der Waals surface area contributed by atoms with E-state index in [1.54, 1.807) is 24.3 Å². The molecule has 5 rings (SSSR count). The van der Waals surface area contributed by atoms with E-state index in [-0.39, 0.29) is 11.3 Å². The van der Waals surface area contributed by atoms with Crippen LogP contribution >= 0.6 is 11.3 Å². The summed E-state index contributed by atoms with van der Waals surface area (Å²) >= 11 is 1.36. The molecule has 7 nitrogen and oxygen atoms in total. The molecule has 1 fully saturated rings. The van der Waals surface area contributed by atoms with Crippen LogP contribution in [-0.2, 0) is 9.59 Å². The minimum Gasteiger partial charge on any atom is -0.507 e. The van der Waals surface area contributed by atoms with Crippen LogP contribution < -0.4 is 14.4 Å². The largest absolute Gasteiger partial charge is 0.507 e. The third-order valence-corrected chi connectivity index (χ3v) is 7.74. The number of ether oxygens (including phenoxy) is 2. The zero-order chi connectivity index (χ0) is 28.4. The first-order chi connectivity index (χ1) is 19.3. The van der Waals surface area contributed by atoms with Crippen molar-refractivity contribution >= 4 is 44.1 Å². The summed E-state index contributed by atoms with van der Waals surface area (Å²) in [5.74, 6) is -0.372. The van der Waals surface area contributed by atoms with Gasteiger partial charge in [-0.3, -0.25) is 14.5 Å². The highest BCUT2D eigenvalue weighted by Gasteiger charge is 2.48. The van der Waals surface area contributed by atoms with Crippen LogP contribution in [0.3, 0.4) is 0 Å². The summed E-state index contributed by atoms with van der Waals surface area (Å²) in [6.07, 6.45) is 1.75. The lowest BCUT2D eigenvalue weighted by Crippen LogP contribution is -2.29. The summed E-state index contributed by atoms with van der Waals surface area (Å²) in [6, 6.07) is 17.4. The highest BCUT2D eigenvalue weighted by atomic mass is 32.1. The van der Waals surface area contributed by atoms with Gasteiger partial charge in [0.15, 0.2) is 5.13 Å². The number of Topliss-reactive ketones (excluding diaryl/α,β-unsaturated/α-hetero) is 1. The smallest absolute Gasteiger partial charge is 0.301 e. The zero-order valence-corrected chi connectivity index (χ0v) is 23.9. The highest BCUT2D eigenvalue weighted by Crippen LogP contribution is 2.45. The Kier molecular flexibility index (Phi) is 7.89. The summed E-state index contributed by atoms with van der Waals surface area (Å²) in [5, 5.41) is 11.9. The number of hydrogen-bond acceptors (Lipinski definition) is 7. The van der Waals surface area contributed by atoms with Crippen LogP contribution in [0.5, 0.6) is 11.5 Å². The molecule has 1 atom stereocenters. The summed E-state index contributed by atoms with van der Waals surface area (Å²) < 4.78 is 12.3. The van der Waals surface area contributed by atoms with Gasteiger partial charge in [-0.1, -0.05) is 43.4 Å². The fraction of sp³-hybridized carbons (Fsp3) is 0.281. The standard InChI is InChI=1S/C32H32N2O5S/c1-5-15-38-23-11-7-21(8-12-23)28-26(29(35)22-9-13-24(14-10-22)39-16-6-2)30(36)31(37)34(28)32-33-27-20(4)17-19(3)18-25(27)40-32/h7-14,17-18,28,35H,5-6,15-16H2,1-4H3/b29-26+. The van der Waals surface area contributed by atoms with Gasteiger partial charge in [-0.15, -0.1) is 0 Å². The minimum atomic E-state index is -0.863. The molecule has 0 aliphatic carbocycles. The van der Waals surface area contributed by atoms with Crippen molar-refractivity contribution in [3.8, 4) is 11.5 Å². The normalized spacial score (nSPS) is 16.6. The number of aliphatic hydroxyl groups excluding tert-OH is 1. The van der Waals surface area contributed by atoms with Crippen LogP contribution in [0, 0.1) is 13.8 Å². The van der Waals surface area contributed by atoms with Gasteiger partial charge in [0.2, 0.25) is 0 Å². The van der Waals surface area contributed by atoms with Crippen molar-refractivity contribution in [2.24, 2.45) is 0 Å². The molecule has 1 aromatic heterocycles. The Bertz CT molecular complexity index is 1590. The molecule has 2 heterocycles. The van der Waals surface area contributed by atoms with Crippen LogP contribution in [0.2, 0.25) is 0 Å². The Balaban J connectivity index is 1.63. The number of aromatic nitrogens is 1. The van der Waals surface area contributed by atoms with Gasteiger partial charge >= 0.3 is 5.91 Å². The molecule has 206 valence electrons. The van der Waals surface area contributed by atoms with Gasteiger partial charge in [0.25, 0.3) is 5.78 Å². The Labute approximate surface area is 237 Å². The molecule has 0 saturated carbocycles. The number of hydrogen-bond donors (Lipinski definition) is 1. The van der Waals surface area contributed by atoms with Gasteiger partial charge in [-0.25, -0.2) is 4.98 Å². The maximum absolute atomic E-state index is 13.6. The zero-order valence-electron chi connectivity index (χ0n) is 23.1. The number of anilines is 1. The first-order valence-electron chi connectivity index (χ1n) is 13.5. The number of carbonyl (C=O) groups excluding carboxylic acids is 2. The lowest BCUT2D eigenvalue weighted by atomic mass is 9.95. The van der Waals surface area contributed by atoms with E-state index in [1.165, 1.54) is 16.2 Å². The van der Waals surface area contributed by atoms with Gasteiger partial charge in [-0.2, -0.15) is 0 Å². The fourth-order valence-corrected chi connectivity index (χ4v) is 6.03. The van der Waals surface area contributed by atoms with Crippen LogP contribution in [0.1, 0.15) is 55.0 Å². The molecule has 8 heteroatoms. The van der Waals surface area contributed by atoms with E-state index >= 15 is 0 Å². The first-order valence-corrected chi connectivity index (χ1v) is 14.3. The second-order valence-electron chi connectivity index (χ2n) is 9.88. The topological polar surface area (TPSA) is 89.0 Å². The number of aryl methyl sites for hydroxylation is 2. The van der Waals surface area contributed by atoms with Crippen LogP contribution in [0.25, 0.3) is 16.0 Å². The average molecular weight is 557 g/mol. The summed E-state index contributed by atoms with van der Waals surface area (Å²) in [4.78, 5) is 33.4. The first kappa shape index (κ1) is 27.4. The molecule has 1 N–H and O–H groups in total. The van der Waals surface area contributed by atoms with Gasteiger partial charge in [0.1, 0.15) is 17.3 Å². The Morgan fingerprint density at radius 3 is 2.12 bits per heavy atom. The average Bonchev–Trinajstić information content (AvgIpc) is 3.49. The molecule has 3 aromatic carbocycles. The Hall–Kier alpha value is -4.17. The lowest BCUT2D eigenvalue weighted by Gasteiger charge is -2.23. The van der Waals surface area contributed by atoms with E-state index in [4.69, 9.17) is 14.5 Å². The summed E-state index contributed by atoms with van der Waals surface area (Å²) in [5.41, 5.74) is 3.98. The molecule has 1 unspecified atom stereocenters. The maximum atomic E-state index is 13.6. The Morgan fingerprint density at radius 2 is 1.52 bits per heavy atom.